The van der Waals surface area contributed by atoms with Gasteiger partial charge in [0, 0.05) is 17.5 Å². The average molecular weight is 299 g/mol. The highest BCUT2D eigenvalue weighted by Gasteiger charge is 2.10. The predicted molar refractivity (Wildman–Crippen MR) is 95.1 cm³/mol. The number of nitrogens with one attached hydrogen (secondary N) is 1. The van der Waals surface area contributed by atoms with Gasteiger partial charge in [0.05, 0.1) is 0 Å². The first kappa shape index (κ1) is 16.1. The maximum atomic E-state index is 3.45. The van der Waals surface area contributed by atoms with Gasteiger partial charge in [0.25, 0.3) is 0 Å². The summed E-state index contributed by atoms with van der Waals surface area (Å²) in [5, 5.41) is 3.45. The van der Waals surface area contributed by atoms with E-state index in [2.05, 4.69) is 75.6 Å². The smallest absolute Gasteiger partial charge is 0.0409 e. The molecule has 2 aromatic rings. The highest BCUT2D eigenvalue weighted by Crippen LogP contribution is 2.24. The molecule has 0 amide bonds. The molecule has 1 nitrogen and oxygen atoms in total. The summed E-state index contributed by atoms with van der Waals surface area (Å²) in [5.74, 6) is 2.17. The third kappa shape index (κ3) is 4.62. The van der Waals surface area contributed by atoms with Crippen LogP contribution in [0.1, 0.15) is 33.9 Å². The highest BCUT2D eigenvalue weighted by atomic mass is 32.2. The normalized spacial score (nSPS) is 12.4. The van der Waals surface area contributed by atoms with Crippen molar-refractivity contribution >= 4 is 11.8 Å². The SMILES string of the molecule is CNC(CSCc1ccccc1C)c1cc(C)cc(C)c1. The standard InChI is InChI=1S/C19H25NS/c1-14-9-15(2)11-18(10-14)19(20-4)13-21-12-17-8-6-5-7-16(17)3/h5-11,19-20H,12-13H2,1-4H3. The molecule has 2 aromatic carbocycles. The Morgan fingerprint density at radius 3 is 2.29 bits per heavy atom. The lowest BCUT2D eigenvalue weighted by Crippen LogP contribution is -2.19. The molecule has 0 saturated carbocycles. The second-order valence-electron chi connectivity index (χ2n) is 5.70. The van der Waals surface area contributed by atoms with Gasteiger partial charge in [-0.2, -0.15) is 11.8 Å². The molecule has 1 N–H and O–H groups in total. The van der Waals surface area contributed by atoms with E-state index < -0.39 is 0 Å². The molecule has 0 heterocycles. The summed E-state index contributed by atoms with van der Waals surface area (Å²) in [6.07, 6.45) is 0. The van der Waals surface area contributed by atoms with Crippen molar-refractivity contribution in [3.8, 4) is 0 Å². The van der Waals surface area contributed by atoms with E-state index in [1.54, 1.807) is 0 Å². The Labute approximate surface area is 133 Å². The zero-order valence-electron chi connectivity index (χ0n) is 13.4. The molecule has 0 fully saturated rings. The molecule has 0 aliphatic carbocycles. The molecule has 1 atom stereocenters. The summed E-state index contributed by atoms with van der Waals surface area (Å²) < 4.78 is 0. The van der Waals surface area contributed by atoms with Crippen molar-refractivity contribution in [1.82, 2.24) is 5.32 Å². The van der Waals surface area contributed by atoms with Gasteiger partial charge in [-0.25, -0.2) is 0 Å². The van der Waals surface area contributed by atoms with E-state index in [9.17, 15) is 0 Å². The molecule has 1 unspecified atom stereocenters. The van der Waals surface area contributed by atoms with Gasteiger partial charge in [0.2, 0.25) is 0 Å². The van der Waals surface area contributed by atoms with Gasteiger partial charge in [0.15, 0.2) is 0 Å². The first-order valence-electron chi connectivity index (χ1n) is 7.48. The van der Waals surface area contributed by atoms with Gasteiger partial charge in [-0.1, -0.05) is 53.6 Å². The minimum absolute atomic E-state index is 0.414. The van der Waals surface area contributed by atoms with Crippen molar-refractivity contribution in [2.75, 3.05) is 12.8 Å². The zero-order valence-corrected chi connectivity index (χ0v) is 14.3. The second kappa shape index (κ2) is 7.67. The summed E-state index contributed by atoms with van der Waals surface area (Å²) in [6.45, 7) is 6.53. The van der Waals surface area contributed by atoms with E-state index >= 15 is 0 Å². The fourth-order valence-electron chi connectivity index (χ4n) is 2.62. The van der Waals surface area contributed by atoms with Crippen LogP contribution in [0.5, 0.6) is 0 Å². The third-order valence-electron chi connectivity index (χ3n) is 3.80. The molecule has 0 saturated heterocycles. The maximum Gasteiger partial charge on any atom is 0.0409 e. The van der Waals surface area contributed by atoms with E-state index in [1.807, 2.05) is 11.8 Å². The van der Waals surface area contributed by atoms with E-state index in [0.717, 1.165) is 11.5 Å². The van der Waals surface area contributed by atoms with E-state index in [4.69, 9.17) is 0 Å². The van der Waals surface area contributed by atoms with E-state index in [0.29, 0.717) is 6.04 Å². The fourth-order valence-corrected chi connectivity index (χ4v) is 3.87. The van der Waals surface area contributed by atoms with Crippen molar-refractivity contribution in [2.24, 2.45) is 0 Å². The minimum Gasteiger partial charge on any atom is -0.312 e. The Morgan fingerprint density at radius 1 is 1.00 bits per heavy atom. The van der Waals surface area contributed by atoms with Crippen LogP contribution in [0.3, 0.4) is 0 Å². The number of aryl methyl sites for hydroxylation is 3. The lowest BCUT2D eigenvalue weighted by molar-refractivity contribution is 0.660. The molecule has 2 rings (SSSR count). The van der Waals surface area contributed by atoms with E-state index in [1.165, 1.54) is 27.8 Å². The molecule has 0 bridgehead atoms. The van der Waals surface area contributed by atoms with Crippen molar-refractivity contribution in [3.05, 3.63) is 70.3 Å². The Balaban J connectivity index is 1.98. The summed E-state index contributed by atoms with van der Waals surface area (Å²) in [5.41, 5.74) is 6.91. The van der Waals surface area contributed by atoms with Crippen LogP contribution in [-0.4, -0.2) is 12.8 Å². The quantitative estimate of drug-likeness (QED) is 0.822. The molecule has 0 radical (unpaired) electrons. The van der Waals surface area contributed by atoms with Crippen molar-refractivity contribution < 1.29 is 0 Å². The highest BCUT2D eigenvalue weighted by molar-refractivity contribution is 7.98. The number of rotatable bonds is 6. The summed E-state index contributed by atoms with van der Waals surface area (Å²) in [4.78, 5) is 0. The van der Waals surface area contributed by atoms with Gasteiger partial charge >= 0.3 is 0 Å². The number of hydrogen-bond donors (Lipinski definition) is 1. The van der Waals surface area contributed by atoms with Gasteiger partial charge in [-0.3, -0.25) is 0 Å². The Bertz CT molecular complexity index is 572. The average Bonchev–Trinajstić information content (AvgIpc) is 2.44. The first-order valence-corrected chi connectivity index (χ1v) is 8.63. The molecule has 2 heteroatoms. The molecular weight excluding hydrogens is 274 g/mol. The van der Waals surface area contributed by atoms with E-state index in [-0.39, 0.29) is 0 Å². The monoisotopic (exact) mass is 299 g/mol. The van der Waals surface area contributed by atoms with Crippen LogP contribution < -0.4 is 5.32 Å². The van der Waals surface area contributed by atoms with Crippen LogP contribution >= 0.6 is 11.8 Å². The fraction of sp³-hybridized carbons (Fsp3) is 0.368. The number of benzene rings is 2. The molecule has 0 aromatic heterocycles. The topological polar surface area (TPSA) is 12.0 Å². The summed E-state index contributed by atoms with van der Waals surface area (Å²) >= 11 is 2.00. The molecule has 112 valence electrons. The van der Waals surface area contributed by atoms with Crippen LogP contribution in [0, 0.1) is 20.8 Å². The van der Waals surface area contributed by atoms with Crippen molar-refractivity contribution in [2.45, 2.75) is 32.6 Å². The maximum absolute atomic E-state index is 3.45. The van der Waals surface area contributed by atoms with Gasteiger partial charge in [0.1, 0.15) is 0 Å². The lowest BCUT2D eigenvalue weighted by atomic mass is 10.0. The number of hydrogen-bond acceptors (Lipinski definition) is 2. The predicted octanol–water partition coefficient (Wildman–Crippen LogP) is 4.81. The molecular formula is C19H25NS. The number of thioether (sulfide) groups is 1. The van der Waals surface area contributed by atoms with Gasteiger partial charge < -0.3 is 5.32 Å². The van der Waals surface area contributed by atoms with Crippen molar-refractivity contribution in [1.29, 1.82) is 0 Å². The Kier molecular flexibility index (Phi) is 5.89. The summed E-state index contributed by atoms with van der Waals surface area (Å²) in [6, 6.07) is 15.9. The third-order valence-corrected chi connectivity index (χ3v) is 4.88. The van der Waals surface area contributed by atoms with Gasteiger partial charge in [-0.15, -0.1) is 0 Å². The van der Waals surface area contributed by atoms with Crippen LogP contribution in [0.15, 0.2) is 42.5 Å². The zero-order chi connectivity index (χ0) is 15.2. The van der Waals surface area contributed by atoms with Crippen LogP contribution in [-0.2, 0) is 5.75 Å². The lowest BCUT2D eigenvalue weighted by Gasteiger charge is -2.18. The molecule has 21 heavy (non-hydrogen) atoms. The van der Waals surface area contributed by atoms with Crippen LogP contribution in [0.25, 0.3) is 0 Å². The van der Waals surface area contributed by atoms with Gasteiger partial charge in [-0.05, 0) is 44.5 Å². The van der Waals surface area contributed by atoms with Crippen LogP contribution in [0.4, 0.5) is 0 Å². The first-order chi connectivity index (χ1) is 10.1. The second-order valence-corrected chi connectivity index (χ2v) is 6.73. The molecule has 0 spiro atoms. The molecule has 0 aliphatic rings. The van der Waals surface area contributed by atoms with Crippen LogP contribution in [0.2, 0.25) is 0 Å². The Morgan fingerprint density at radius 2 is 1.67 bits per heavy atom. The molecule has 0 aliphatic heterocycles. The summed E-state index contributed by atoms with van der Waals surface area (Å²) in [7, 11) is 2.05. The van der Waals surface area contributed by atoms with Crippen molar-refractivity contribution in [3.63, 3.8) is 0 Å². The minimum atomic E-state index is 0.414. The Hall–Kier alpha value is -1.25. The largest absolute Gasteiger partial charge is 0.312 e.